The predicted octanol–water partition coefficient (Wildman–Crippen LogP) is 6.98. The molecule has 0 saturated heterocycles. The summed E-state index contributed by atoms with van der Waals surface area (Å²) < 4.78 is 24.8. The highest BCUT2D eigenvalue weighted by atomic mass is 35.5. The fourth-order valence-corrected chi connectivity index (χ4v) is 4.03. The molecule has 26 heavy (non-hydrogen) atoms. The van der Waals surface area contributed by atoms with E-state index in [1.54, 1.807) is 60.7 Å². The van der Waals surface area contributed by atoms with Gasteiger partial charge in [0.25, 0.3) is 0 Å². The van der Waals surface area contributed by atoms with Gasteiger partial charge >= 0.3 is 7.75 Å². The molecule has 0 amide bonds. The van der Waals surface area contributed by atoms with E-state index >= 15 is 0 Å². The maximum Gasteiger partial charge on any atom is 0.541 e. The first-order valence-electron chi connectivity index (χ1n) is 7.78. The highest BCUT2D eigenvalue weighted by Gasteiger charge is 2.30. The van der Waals surface area contributed by atoms with Crippen LogP contribution in [-0.2, 0) is 4.57 Å². The molecule has 134 valence electrons. The summed E-state index contributed by atoms with van der Waals surface area (Å²) in [5.41, 5.74) is 1.66. The molecule has 0 saturated carbocycles. The normalized spacial score (nSPS) is 11.0. The highest BCUT2D eigenvalue weighted by molar-refractivity contribution is 7.56. The Bertz CT molecular complexity index is 896. The summed E-state index contributed by atoms with van der Waals surface area (Å²) in [4.78, 5) is 0. The van der Waals surface area contributed by atoms with Gasteiger partial charge in [0.15, 0.2) is 11.5 Å². The molecule has 0 aliphatic carbocycles. The van der Waals surface area contributed by atoms with E-state index in [4.69, 9.17) is 32.2 Å². The lowest BCUT2D eigenvalue weighted by atomic mass is 10.2. The summed E-state index contributed by atoms with van der Waals surface area (Å²) in [7, 11) is -3.87. The van der Waals surface area contributed by atoms with E-state index < -0.39 is 7.75 Å². The first-order valence-corrected chi connectivity index (χ1v) is 10.1. The average Bonchev–Trinajstić information content (AvgIpc) is 2.61. The smallest absolute Gasteiger partial charge is 0.399 e. The van der Waals surface area contributed by atoms with Crippen molar-refractivity contribution in [3.63, 3.8) is 0 Å². The van der Waals surface area contributed by atoms with Crippen LogP contribution in [0.5, 0.6) is 11.5 Å². The van der Waals surface area contributed by atoms with E-state index in [1.807, 2.05) is 19.1 Å². The quantitative estimate of drug-likeness (QED) is 0.447. The van der Waals surface area contributed by atoms with E-state index in [0.29, 0.717) is 15.7 Å². The van der Waals surface area contributed by atoms with Crippen molar-refractivity contribution in [2.45, 2.75) is 6.92 Å². The summed E-state index contributed by atoms with van der Waals surface area (Å²) >= 11 is 12.3. The summed E-state index contributed by atoms with van der Waals surface area (Å²) in [6.07, 6.45) is 0. The molecule has 3 rings (SSSR count). The van der Waals surface area contributed by atoms with Crippen molar-refractivity contribution in [3.8, 4) is 11.5 Å². The molecule has 4 nitrogen and oxygen atoms in total. The number of hydrogen-bond acceptors (Lipinski definition) is 3. The second-order valence-corrected chi connectivity index (χ2v) is 7.92. The maximum atomic E-state index is 13.4. The SMILES string of the molecule is Cc1ccc(NP(=O)(Oc2ccccc2Cl)Oc2ccccc2Cl)cc1. The third kappa shape index (κ3) is 4.73. The Morgan fingerprint density at radius 1 is 0.769 bits per heavy atom. The molecule has 0 aliphatic heterocycles. The Morgan fingerprint density at radius 2 is 1.23 bits per heavy atom. The zero-order valence-electron chi connectivity index (χ0n) is 13.9. The third-order valence-corrected chi connectivity index (χ3v) is 5.46. The Morgan fingerprint density at radius 3 is 1.69 bits per heavy atom. The van der Waals surface area contributed by atoms with Crippen molar-refractivity contribution in [1.82, 2.24) is 0 Å². The number of anilines is 1. The van der Waals surface area contributed by atoms with Crippen LogP contribution in [0.4, 0.5) is 5.69 Å². The minimum Gasteiger partial charge on any atom is -0.399 e. The lowest BCUT2D eigenvalue weighted by molar-refractivity contribution is 0.393. The van der Waals surface area contributed by atoms with Crippen molar-refractivity contribution in [3.05, 3.63) is 88.4 Å². The molecule has 7 heteroatoms. The van der Waals surface area contributed by atoms with Gasteiger partial charge in [-0.2, -0.15) is 0 Å². The van der Waals surface area contributed by atoms with Gasteiger partial charge in [0.05, 0.1) is 10.0 Å². The standard InChI is InChI=1S/C19H16Cl2NO3P/c1-14-10-12-15(13-11-14)22-26(23,24-18-8-4-2-6-16(18)20)25-19-9-5-3-7-17(19)21/h2-13H,1H3,(H,22,23). The fourth-order valence-electron chi connectivity index (χ4n) is 2.15. The predicted molar refractivity (Wildman–Crippen MR) is 107 cm³/mol. The summed E-state index contributed by atoms with van der Waals surface area (Å²) in [6, 6.07) is 20.8. The van der Waals surface area contributed by atoms with Crippen LogP contribution in [0.1, 0.15) is 5.56 Å². The summed E-state index contributed by atoms with van der Waals surface area (Å²) in [5.74, 6) is 0.480. The van der Waals surface area contributed by atoms with Crippen molar-refractivity contribution in [2.75, 3.05) is 5.09 Å². The van der Waals surface area contributed by atoms with Gasteiger partial charge in [-0.05, 0) is 43.3 Å². The van der Waals surface area contributed by atoms with Gasteiger partial charge in [0.1, 0.15) is 0 Å². The molecular weight excluding hydrogens is 392 g/mol. The van der Waals surface area contributed by atoms with Crippen molar-refractivity contribution in [1.29, 1.82) is 0 Å². The minimum atomic E-state index is -3.87. The Hall–Kier alpha value is -2.13. The molecule has 0 fully saturated rings. The monoisotopic (exact) mass is 407 g/mol. The van der Waals surface area contributed by atoms with Crippen LogP contribution in [0.2, 0.25) is 10.0 Å². The van der Waals surface area contributed by atoms with Gasteiger partial charge in [-0.3, -0.25) is 5.09 Å². The van der Waals surface area contributed by atoms with E-state index in [2.05, 4.69) is 5.09 Å². The second kappa shape index (κ2) is 8.05. The van der Waals surface area contributed by atoms with E-state index in [1.165, 1.54) is 0 Å². The number of halogens is 2. The molecule has 0 bridgehead atoms. The Balaban J connectivity index is 1.94. The lowest BCUT2D eigenvalue weighted by Crippen LogP contribution is -2.10. The number of hydrogen-bond donors (Lipinski definition) is 1. The van der Waals surface area contributed by atoms with Crippen LogP contribution in [0.25, 0.3) is 0 Å². The zero-order valence-corrected chi connectivity index (χ0v) is 16.3. The molecule has 1 N–H and O–H groups in total. The van der Waals surface area contributed by atoms with Crippen LogP contribution in [0.15, 0.2) is 72.8 Å². The van der Waals surface area contributed by atoms with Crippen molar-refractivity contribution < 1.29 is 13.6 Å². The number of para-hydroxylation sites is 2. The number of rotatable bonds is 6. The molecule has 0 spiro atoms. The van der Waals surface area contributed by atoms with Crippen LogP contribution in [0, 0.1) is 6.92 Å². The first kappa shape index (κ1) is 18.7. The maximum absolute atomic E-state index is 13.4. The molecule has 0 aliphatic rings. The third-order valence-electron chi connectivity index (χ3n) is 3.43. The van der Waals surface area contributed by atoms with Crippen LogP contribution >= 0.6 is 30.9 Å². The highest BCUT2D eigenvalue weighted by Crippen LogP contribution is 2.50. The molecule has 3 aromatic carbocycles. The van der Waals surface area contributed by atoms with Gasteiger partial charge in [-0.15, -0.1) is 0 Å². The van der Waals surface area contributed by atoms with Crippen LogP contribution in [-0.4, -0.2) is 0 Å². The molecule has 0 atom stereocenters. The first-order chi connectivity index (χ1) is 12.5. The van der Waals surface area contributed by atoms with E-state index in [9.17, 15) is 4.57 Å². The number of aryl methyl sites for hydroxylation is 1. The Labute approximate surface area is 162 Å². The summed E-state index contributed by atoms with van der Waals surface area (Å²) in [6.45, 7) is 1.96. The average molecular weight is 408 g/mol. The lowest BCUT2D eigenvalue weighted by Gasteiger charge is -2.22. The fraction of sp³-hybridized carbons (Fsp3) is 0.0526. The molecule has 0 heterocycles. The zero-order chi connectivity index (χ0) is 18.6. The van der Waals surface area contributed by atoms with Gasteiger partial charge < -0.3 is 9.05 Å². The second-order valence-electron chi connectivity index (χ2n) is 5.52. The van der Waals surface area contributed by atoms with Crippen LogP contribution < -0.4 is 14.1 Å². The van der Waals surface area contributed by atoms with Gasteiger partial charge in [-0.1, -0.05) is 65.2 Å². The molecular formula is C19H16Cl2NO3P. The Kier molecular flexibility index (Phi) is 5.77. The summed E-state index contributed by atoms with van der Waals surface area (Å²) in [5, 5.41) is 3.47. The van der Waals surface area contributed by atoms with Crippen molar-refractivity contribution in [2.24, 2.45) is 0 Å². The van der Waals surface area contributed by atoms with E-state index in [-0.39, 0.29) is 11.5 Å². The van der Waals surface area contributed by atoms with E-state index in [0.717, 1.165) is 5.56 Å². The number of benzene rings is 3. The molecule has 0 aromatic heterocycles. The topological polar surface area (TPSA) is 47.6 Å². The largest absolute Gasteiger partial charge is 0.541 e. The van der Waals surface area contributed by atoms with Gasteiger partial charge in [0.2, 0.25) is 0 Å². The van der Waals surface area contributed by atoms with Crippen molar-refractivity contribution >= 4 is 36.6 Å². The molecule has 3 aromatic rings. The number of nitrogens with one attached hydrogen (secondary N) is 1. The molecule has 0 unspecified atom stereocenters. The van der Waals surface area contributed by atoms with Crippen LogP contribution in [0.3, 0.4) is 0 Å². The minimum absolute atomic E-state index is 0.240. The van der Waals surface area contributed by atoms with Gasteiger partial charge in [-0.25, -0.2) is 4.57 Å². The van der Waals surface area contributed by atoms with Gasteiger partial charge in [0, 0.05) is 5.69 Å². The molecule has 0 radical (unpaired) electrons.